The zero-order valence-electron chi connectivity index (χ0n) is 22.2. The molecule has 0 spiro atoms. The van der Waals surface area contributed by atoms with Crippen LogP contribution in [-0.2, 0) is 18.9 Å². The fraction of sp³-hybridized carbons (Fsp3) is 0.520. The number of aliphatic carboxylic acids is 1. The van der Waals surface area contributed by atoms with Gasteiger partial charge in [-0.05, 0) is 64.0 Å². The number of pyridine rings is 1. The van der Waals surface area contributed by atoms with Gasteiger partial charge in [-0.2, -0.15) is 0 Å². The van der Waals surface area contributed by atoms with Gasteiger partial charge in [-0.1, -0.05) is 13.8 Å². The molecule has 0 saturated heterocycles. The van der Waals surface area contributed by atoms with Crippen LogP contribution in [0.4, 0.5) is 14.9 Å². The number of nitrogens with zero attached hydrogens (tertiary/aromatic N) is 3. The van der Waals surface area contributed by atoms with Crippen LogP contribution in [0.1, 0.15) is 46.5 Å². The van der Waals surface area contributed by atoms with Crippen molar-refractivity contribution in [3.63, 3.8) is 0 Å². The lowest BCUT2D eigenvalue weighted by atomic mass is 10.1. The van der Waals surface area contributed by atoms with Gasteiger partial charge in [0.05, 0.1) is 17.8 Å². The maximum atomic E-state index is 13.8. The first kappa shape index (κ1) is 32.1. The predicted molar refractivity (Wildman–Crippen MR) is 143 cm³/mol. The summed E-state index contributed by atoms with van der Waals surface area (Å²) in [4.78, 5) is 62.4. The normalized spacial score (nSPS) is 13.2. The molecule has 2 atom stereocenters. The molecule has 2 aromatic rings. The Morgan fingerprint density at radius 2 is 1.85 bits per heavy atom. The first-order valence-electron chi connectivity index (χ1n) is 12.7. The van der Waals surface area contributed by atoms with Crippen LogP contribution in [0.5, 0.6) is 0 Å². The van der Waals surface area contributed by atoms with Gasteiger partial charge in [0.25, 0.3) is 0 Å². The van der Waals surface area contributed by atoms with Crippen molar-refractivity contribution in [3.05, 3.63) is 36.3 Å². The highest BCUT2D eigenvalue weighted by atomic mass is 31.2. The van der Waals surface area contributed by atoms with Gasteiger partial charge in [0.1, 0.15) is 5.82 Å². The van der Waals surface area contributed by atoms with E-state index in [1.54, 1.807) is 17.4 Å². The SMILES string of the molecule is CCN(CC)CCCC(C)N(C(=O)OCCCC(=O)NC(C(=O)O)P(=O)(O)O)c1ccnc2cc(F)ccc12. The Morgan fingerprint density at radius 1 is 1.15 bits per heavy atom. The molecular formula is C25H36FN4O8P. The number of aromatic nitrogens is 1. The Bertz CT molecular complexity index is 1190. The van der Waals surface area contributed by atoms with E-state index < -0.39 is 37.2 Å². The molecule has 0 bridgehead atoms. The molecule has 0 aliphatic carbocycles. The summed E-state index contributed by atoms with van der Waals surface area (Å²) in [7, 11) is -5.10. The summed E-state index contributed by atoms with van der Waals surface area (Å²) in [5.74, 6) is -5.59. The van der Waals surface area contributed by atoms with Crippen LogP contribution in [0.25, 0.3) is 10.9 Å². The minimum atomic E-state index is -5.10. The van der Waals surface area contributed by atoms with E-state index in [0.717, 1.165) is 26.1 Å². The number of hydrogen-bond donors (Lipinski definition) is 4. The smallest absolute Gasteiger partial charge is 0.414 e. The molecule has 14 heteroatoms. The van der Waals surface area contributed by atoms with Crippen LogP contribution in [0.15, 0.2) is 30.5 Å². The number of ether oxygens (including phenoxy) is 1. The quantitative estimate of drug-likeness (QED) is 0.184. The van der Waals surface area contributed by atoms with Crippen LogP contribution in [0, 0.1) is 5.82 Å². The number of carboxylic acids is 1. The number of amides is 2. The summed E-state index contributed by atoms with van der Waals surface area (Å²) in [6.07, 6.45) is 1.91. The highest BCUT2D eigenvalue weighted by Crippen LogP contribution is 2.39. The fourth-order valence-corrected chi connectivity index (χ4v) is 4.69. The average Bonchev–Trinajstić information content (AvgIpc) is 2.87. The monoisotopic (exact) mass is 570 g/mol. The summed E-state index contributed by atoms with van der Waals surface area (Å²) in [5, 5.41) is 11.3. The molecule has 0 saturated carbocycles. The number of carbonyl (C=O) groups is 3. The lowest BCUT2D eigenvalue weighted by molar-refractivity contribution is -0.139. The molecule has 1 aromatic carbocycles. The second-order valence-electron chi connectivity index (χ2n) is 8.99. The molecule has 39 heavy (non-hydrogen) atoms. The van der Waals surface area contributed by atoms with Crippen molar-refractivity contribution >= 4 is 42.2 Å². The van der Waals surface area contributed by atoms with E-state index in [-0.39, 0.29) is 25.5 Å². The molecule has 2 amide bonds. The van der Waals surface area contributed by atoms with Crippen molar-refractivity contribution in [2.24, 2.45) is 0 Å². The van der Waals surface area contributed by atoms with Gasteiger partial charge in [-0.25, -0.2) is 14.0 Å². The number of benzene rings is 1. The molecule has 0 fully saturated rings. The zero-order valence-corrected chi connectivity index (χ0v) is 23.1. The number of anilines is 1. The summed E-state index contributed by atoms with van der Waals surface area (Å²) < 4.78 is 30.5. The fourth-order valence-electron chi connectivity index (χ4n) is 4.09. The molecule has 0 aliphatic rings. The molecule has 12 nitrogen and oxygen atoms in total. The summed E-state index contributed by atoms with van der Waals surface area (Å²) in [6.45, 7) is 8.49. The highest BCUT2D eigenvalue weighted by molar-refractivity contribution is 7.53. The van der Waals surface area contributed by atoms with Gasteiger partial charge in [0.2, 0.25) is 11.7 Å². The van der Waals surface area contributed by atoms with Crippen molar-refractivity contribution in [2.45, 2.75) is 58.3 Å². The molecule has 2 unspecified atom stereocenters. The highest BCUT2D eigenvalue weighted by Gasteiger charge is 2.37. The minimum absolute atomic E-state index is 0.0163. The van der Waals surface area contributed by atoms with Gasteiger partial charge in [-0.3, -0.25) is 19.2 Å². The molecule has 1 aromatic heterocycles. The molecule has 0 aliphatic heterocycles. The summed E-state index contributed by atoms with van der Waals surface area (Å²) in [6, 6.07) is 5.44. The average molecular weight is 571 g/mol. The van der Waals surface area contributed by atoms with Crippen molar-refractivity contribution in [3.8, 4) is 0 Å². The maximum absolute atomic E-state index is 13.8. The number of hydrogen-bond acceptors (Lipinski definition) is 7. The largest absolute Gasteiger partial charge is 0.479 e. The Kier molecular flexibility index (Phi) is 12.2. The number of carboxylic acid groups (broad SMARTS) is 1. The standard InChI is InChI=1S/C25H36FN4O8P/c1-4-29(5-2)14-6-8-17(3)30(21-12-13-27-20-16-18(26)10-11-19(20)21)25(34)38-15-7-9-22(31)28-23(24(32)33)39(35,36)37/h10-13,16-17,23H,4-9,14-15H2,1-3H3,(H,28,31)(H,32,33)(H2,35,36,37). The van der Waals surface area contributed by atoms with Crippen LogP contribution < -0.4 is 10.2 Å². The number of rotatable bonds is 15. The third-order valence-electron chi connectivity index (χ3n) is 6.21. The first-order valence-corrected chi connectivity index (χ1v) is 14.4. The second-order valence-corrected chi connectivity index (χ2v) is 10.7. The molecule has 2 rings (SSSR count). The topological polar surface area (TPSA) is 170 Å². The number of fused-ring (bicyclic) bond motifs is 1. The lowest BCUT2D eigenvalue weighted by Crippen LogP contribution is -2.41. The third-order valence-corrected chi connectivity index (χ3v) is 7.23. The predicted octanol–water partition coefficient (Wildman–Crippen LogP) is 3.31. The van der Waals surface area contributed by atoms with Crippen molar-refractivity contribution in [2.75, 3.05) is 31.1 Å². The molecule has 216 valence electrons. The minimum Gasteiger partial charge on any atom is -0.479 e. The van der Waals surface area contributed by atoms with E-state index >= 15 is 0 Å². The van der Waals surface area contributed by atoms with E-state index in [0.29, 0.717) is 23.0 Å². The number of nitrogens with one attached hydrogen (secondary N) is 1. The summed E-state index contributed by atoms with van der Waals surface area (Å²) in [5.41, 5.74) is 0.861. The van der Waals surface area contributed by atoms with Crippen molar-refractivity contribution < 1.29 is 43.0 Å². The Hall–Kier alpha value is -3.12. The van der Waals surface area contributed by atoms with Crippen LogP contribution in [0.2, 0.25) is 0 Å². The Labute approximate surface area is 226 Å². The van der Waals surface area contributed by atoms with Crippen molar-refractivity contribution in [1.82, 2.24) is 15.2 Å². The van der Waals surface area contributed by atoms with E-state index in [9.17, 15) is 23.3 Å². The van der Waals surface area contributed by atoms with Gasteiger partial charge in [-0.15, -0.1) is 0 Å². The second kappa shape index (κ2) is 14.9. The first-order chi connectivity index (χ1) is 18.4. The van der Waals surface area contributed by atoms with Gasteiger partial charge in [0.15, 0.2) is 0 Å². The van der Waals surface area contributed by atoms with E-state index in [2.05, 4.69) is 23.7 Å². The Morgan fingerprint density at radius 3 is 2.46 bits per heavy atom. The van der Waals surface area contributed by atoms with Crippen LogP contribution >= 0.6 is 7.60 Å². The van der Waals surface area contributed by atoms with E-state index in [1.165, 1.54) is 23.2 Å². The molecule has 4 N–H and O–H groups in total. The molecule has 0 radical (unpaired) electrons. The lowest BCUT2D eigenvalue weighted by Gasteiger charge is -2.30. The van der Waals surface area contributed by atoms with Crippen LogP contribution in [0.3, 0.4) is 0 Å². The maximum Gasteiger partial charge on any atom is 0.414 e. The summed E-state index contributed by atoms with van der Waals surface area (Å²) >= 11 is 0. The van der Waals surface area contributed by atoms with Crippen molar-refractivity contribution in [1.29, 1.82) is 0 Å². The third kappa shape index (κ3) is 9.54. The van der Waals surface area contributed by atoms with E-state index in [4.69, 9.17) is 19.6 Å². The number of carbonyl (C=O) groups excluding carboxylic acids is 2. The number of halogens is 1. The van der Waals surface area contributed by atoms with Gasteiger partial charge in [0, 0.05) is 30.1 Å². The Balaban J connectivity index is 2.12. The van der Waals surface area contributed by atoms with Crippen LogP contribution in [-0.4, -0.2) is 80.8 Å². The molecular weight excluding hydrogens is 534 g/mol. The van der Waals surface area contributed by atoms with E-state index in [1.807, 2.05) is 6.92 Å². The molecule has 1 heterocycles. The van der Waals surface area contributed by atoms with Gasteiger partial charge < -0.3 is 29.8 Å². The van der Waals surface area contributed by atoms with Gasteiger partial charge >= 0.3 is 19.7 Å². The zero-order chi connectivity index (χ0) is 29.2.